The molecule has 130 valence electrons. The van der Waals surface area contributed by atoms with Crippen molar-refractivity contribution in [2.24, 2.45) is 0 Å². The lowest BCUT2D eigenvalue weighted by Gasteiger charge is -2.21. The Morgan fingerprint density at radius 2 is 2.08 bits per heavy atom. The lowest BCUT2D eigenvalue weighted by molar-refractivity contribution is 0.204. The number of imidazole rings is 1. The third-order valence-corrected chi connectivity index (χ3v) is 5.24. The maximum absolute atomic E-state index is 12.4. The zero-order valence-electron chi connectivity index (χ0n) is 14.6. The number of nitrogens with zero attached hydrogens (tertiary/aromatic N) is 3. The summed E-state index contributed by atoms with van der Waals surface area (Å²) < 4.78 is 1.95. The van der Waals surface area contributed by atoms with Gasteiger partial charge in [-0.05, 0) is 48.6 Å². The van der Waals surface area contributed by atoms with Gasteiger partial charge >= 0.3 is 6.03 Å². The number of hydrogen-bond acceptors (Lipinski definition) is 3. The van der Waals surface area contributed by atoms with E-state index in [9.17, 15) is 4.79 Å². The fourth-order valence-corrected chi connectivity index (χ4v) is 3.54. The number of aryl methyl sites for hydroxylation is 1. The Labute approximate surface area is 151 Å². The summed E-state index contributed by atoms with van der Waals surface area (Å²) in [6.07, 6.45) is 5.42. The molecule has 1 N–H and O–H groups in total. The first-order chi connectivity index (χ1) is 12.0. The minimum Gasteiger partial charge on any atom is -0.331 e. The molecule has 3 aromatic rings. The van der Waals surface area contributed by atoms with Crippen molar-refractivity contribution in [3.05, 3.63) is 70.4 Å². The van der Waals surface area contributed by atoms with Crippen LogP contribution < -0.4 is 5.32 Å². The molecule has 3 rings (SSSR count). The van der Waals surface area contributed by atoms with Crippen molar-refractivity contribution in [3.8, 4) is 5.69 Å². The van der Waals surface area contributed by atoms with Crippen LogP contribution in [0.3, 0.4) is 0 Å². The number of amides is 2. The Hall–Kier alpha value is -2.60. The highest BCUT2D eigenvalue weighted by atomic mass is 32.1. The minimum absolute atomic E-state index is 0.0591. The molecule has 0 fully saturated rings. The predicted molar refractivity (Wildman–Crippen MR) is 101 cm³/mol. The van der Waals surface area contributed by atoms with Gasteiger partial charge < -0.3 is 14.8 Å². The van der Waals surface area contributed by atoms with Gasteiger partial charge in [0.2, 0.25) is 0 Å². The molecule has 1 aromatic carbocycles. The van der Waals surface area contributed by atoms with E-state index in [1.807, 2.05) is 49.0 Å². The molecule has 2 aromatic heterocycles. The topological polar surface area (TPSA) is 50.2 Å². The Morgan fingerprint density at radius 1 is 1.32 bits per heavy atom. The number of aromatic nitrogens is 2. The first-order valence-corrected chi connectivity index (χ1v) is 9.05. The molecule has 0 aliphatic rings. The average Bonchev–Trinajstić information content (AvgIpc) is 3.27. The molecule has 2 amide bonds. The first kappa shape index (κ1) is 17.2. The van der Waals surface area contributed by atoms with E-state index in [2.05, 4.69) is 28.7 Å². The molecule has 0 bridgehead atoms. The second kappa shape index (κ2) is 7.53. The van der Waals surface area contributed by atoms with E-state index in [-0.39, 0.29) is 12.1 Å². The molecular formula is C19H22N4OS. The van der Waals surface area contributed by atoms with E-state index in [0.29, 0.717) is 6.54 Å². The van der Waals surface area contributed by atoms with Crippen molar-refractivity contribution in [1.82, 2.24) is 19.8 Å². The average molecular weight is 354 g/mol. The number of thiophene rings is 1. The van der Waals surface area contributed by atoms with E-state index < -0.39 is 0 Å². The van der Waals surface area contributed by atoms with Crippen LogP contribution >= 0.6 is 11.3 Å². The Morgan fingerprint density at radius 3 is 2.68 bits per heavy atom. The SMILES string of the molecule is Cc1ccsc1CN(C)C(=O)N[C@H](C)c1ccc(-n2ccnc2)cc1. The fourth-order valence-electron chi connectivity index (χ4n) is 2.58. The largest absolute Gasteiger partial charge is 0.331 e. The van der Waals surface area contributed by atoms with E-state index in [1.165, 1.54) is 10.4 Å². The van der Waals surface area contributed by atoms with E-state index >= 15 is 0 Å². The second-order valence-corrected chi connectivity index (χ2v) is 7.12. The second-order valence-electron chi connectivity index (χ2n) is 6.12. The predicted octanol–water partition coefficient (Wildman–Crippen LogP) is 4.14. The van der Waals surface area contributed by atoms with Crippen LogP contribution in [0.25, 0.3) is 5.69 Å². The Balaban J connectivity index is 1.60. The normalized spacial score (nSPS) is 12.0. The minimum atomic E-state index is -0.0704. The van der Waals surface area contributed by atoms with Crippen LogP contribution in [0.1, 0.15) is 29.0 Å². The molecule has 0 unspecified atom stereocenters. The Bertz CT molecular complexity index is 823. The van der Waals surface area contributed by atoms with Crippen molar-refractivity contribution in [2.45, 2.75) is 26.4 Å². The number of benzene rings is 1. The summed E-state index contributed by atoms with van der Waals surface area (Å²) in [4.78, 5) is 19.4. The number of hydrogen-bond donors (Lipinski definition) is 1. The molecule has 0 aliphatic heterocycles. The quantitative estimate of drug-likeness (QED) is 0.748. The molecule has 0 saturated heterocycles. The van der Waals surface area contributed by atoms with Crippen LogP contribution in [0.5, 0.6) is 0 Å². The maximum atomic E-state index is 12.4. The van der Waals surface area contributed by atoms with Gasteiger partial charge in [-0.25, -0.2) is 9.78 Å². The van der Waals surface area contributed by atoms with Gasteiger partial charge in [-0.15, -0.1) is 11.3 Å². The number of nitrogens with one attached hydrogen (secondary N) is 1. The highest BCUT2D eigenvalue weighted by Crippen LogP contribution is 2.19. The van der Waals surface area contributed by atoms with Crippen molar-refractivity contribution in [3.63, 3.8) is 0 Å². The molecule has 0 saturated carbocycles. The van der Waals surface area contributed by atoms with Gasteiger partial charge in [-0.1, -0.05) is 12.1 Å². The third kappa shape index (κ3) is 4.09. The van der Waals surface area contributed by atoms with Gasteiger partial charge in [0.1, 0.15) is 0 Å². The van der Waals surface area contributed by atoms with Gasteiger partial charge in [0.25, 0.3) is 0 Å². The number of urea groups is 1. The van der Waals surface area contributed by atoms with Crippen LogP contribution in [-0.4, -0.2) is 27.5 Å². The molecule has 5 nitrogen and oxygen atoms in total. The fraction of sp³-hybridized carbons (Fsp3) is 0.263. The van der Waals surface area contributed by atoms with E-state index in [4.69, 9.17) is 0 Å². The number of carbonyl (C=O) groups excluding carboxylic acids is 1. The zero-order valence-corrected chi connectivity index (χ0v) is 15.5. The maximum Gasteiger partial charge on any atom is 0.317 e. The molecule has 2 heterocycles. The molecule has 6 heteroatoms. The standard InChI is InChI=1S/C19H22N4OS/c1-14-8-11-25-18(14)12-22(3)19(24)21-15(2)16-4-6-17(7-5-16)23-10-9-20-13-23/h4-11,13,15H,12H2,1-3H3,(H,21,24)/t15-/m1/s1. The van der Waals surface area contributed by atoms with Gasteiger partial charge in [-0.2, -0.15) is 0 Å². The summed E-state index contributed by atoms with van der Waals surface area (Å²) in [6, 6.07) is 10.1. The lowest BCUT2D eigenvalue weighted by atomic mass is 10.1. The number of carbonyl (C=O) groups is 1. The van der Waals surface area contributed by atoms with Gasteiger partial charge in [0, 0.05) is 30.0 Å². The van der Waals surface area contributed by atoms with E-state index in [0.717, 1.165) is 11.3 Å². The molecular weight excluding hydrogens is 332 g/mol. The van der Waals surface area contributed by atoms with Crippen molar-refractivity contribution < 1.29 is 4.79 Å². The van der Waals surface area contributed by atoms with Gasteiger partial charge in [0.05, 0.1) is 18.9 Å². The summed E-state index contributed by atoms with van der Waals surface area (Å²) >= 11 is 1.68. The van der Waals surface area contributed by atoms with Gasteiger partial charge in [-0.3, -0.25) is 0 Å². The van der Waals surface area contributed by atoms with Crippen molar-refractivity contribution >= 4 is 17.4 Å². The molecule has 1 atom stereocenters. The number of rotatable bonds is 5. The van der Waals surface area contributed by atoms with Gasteiger partial charge in [0.15, 0.2) is 0 Å². The van der Waals surface area contributed by atoms with Crippen molar-refractivity contribution in [1.29, 1.82) is 0 Å². The van der Waals surface area contributed by atoms with Crippen LogP contribution in [0.4, 0.5) is 4.79 Å². The zero-order chi connectivity index (χ0) is 17.8. The third-order valence-electron chi connectivity index (χ3n) is 4.23. The van der Waals surface area contributed by atoms with E-state index in [1.54, 1.807) is 28.8 Å². The Kier molecular flexibility index (Phi) is 5.19. The summed E-state index contributed by atoms with van der Waals surface area (Å²) in [5.74, 6) is 0. The first-order valence-electron chi connectivity index (χ1n) is 8.17. The molecule has 0 radical (unpaired) electrons. The van der Waals surface area contributed by atoms with Crippen LogP contribution in [0.15, 0.2) is 54.4 Å². The monoisotopic (exact) mass is 354 g/mol. The summed E-state index contributed by atoms with van der Waals surface area (Å²) in [7, 11) is 1.82. The highest BCUT2D eigenvalue weighted by molar-refractivity contribution is 7.10. The summed E-state index contributed by atoms with van der Waals surface area (Å²) in [6.45, 7) is 4.69. The highest BCUT2D eigenvalue weighted by Gasteiger charge is 2.15. The van der Waals surface area contributed by atoms with Crippen LogP contribution in [-0.2, 0) is 6.54 Å². The summed E-state index contributed by atoms with van der Waals surface area (Å²) in [5.41, 5.74) is 3.34. The molecule has 0 aliphatic carbocycles. The van der Waals surface area contributed by atoms with Crippen LogP contribution in [0.2, 0.25) is 0 Å². The lowest BCUT2D eigenvalue weighted by Crippen LogP contribution is -2.38. The summed E-state index contributed by atoms with van der Waals surface area (Å²) in [5, 5.41) is 5.11. The smallest absolute Gasteiger partial charge is 0.317 e. The molecule has 0 spiro atoms. The molecule has 25 heavy (non-hydrogen) atoms. The van der Waals surface area contributed by atoms with Crippen molar-refractivity contribution in [2.75, 3.05) is 7.05 Å². The van der Waals surface area contributed by atoms with Crippen LogP contribution in [0, 0.1) is 6.92 Å².